The molecule has 31 heavy (non-hydrogen) atoms. The maximum Gasteiger partial charge on any atom is 0.396 e. The van der Waals surface area contributed by atoms with Crippen LogP contribution < -0.4 is 11.2 Å². The van der Waals surface area contributed by atoms with Crippen molar-refractivity contribution in [3.8, 4) is 0 Å². The van der Waals surface area contributed by atoms with Crippen LogP contribution in [0.15, 0.2) is 82.5 Å². The fraction of sp³-hybridized carbons (Fsp3) is 0.0952. The predicted molar refractivity (Wildman–Crippen MR) is 114 cm³/mol. The van der Waals surface area contributed by atoms with Gasteiger partial charge in [0.05, 0.1) is 18.7 Å². The number of aliphatic hydroxyl groups is 1. The molecule has 0 aliphatic heterocycles. The lowest BCUT2D eigenvalue weighted by Crippen LogP contribution is -2.41. The van der Waals surface area contributed by atoms with Crippen molar-refractivity contribution in [3.63, 3.8) is 0 Å². The van der Waals surface area contributed by atoms with Gasteiger partial charge in [0, 0.05) is 12.3 Å². The first-order valence-corrected chi connectivity index (χ1v) is 10.7. The third kappa shape index (κ3) is 5.35. The normalized spacial score (nSPS) is 12.0. The molecule has 10 heteroatoms. The first kappa shape index (κ1) is 22.2. The summed E-state index contributed by atoms with van der Waals surface area (Å²) in [5, 5.41) is 10.3. The van der Waals surface area contributed by atoms with Crippen LogP contribution in [-0.2, 0) is 22.4 Å². The van der Waals surface area contributed by atoms with E-state index in [2.05, 4.69) is 0 Å². The van der Waals surface area contributed by atoms with Gasteiger partial charge in [-0.15, -0.1) is 0 Å². The minimum Gasteiger partial charge on any atom is -0.507 e. The summed E-state index contributed by atoms with van der Waals surface area (Å²) in [6.07, 6.45) is 1.36. The number of nitrogens with zero attached hydrogens (tertiary/aromatic N) is 2. The highest BCUT2D eigenvalue weighted by atomic mass is 31.2. The molecule has 0 amide bonds. The van der Waals surface area contributed by atoms with E-state index in [0.29, 0.717) is 11.6 Å². The molecular formula is C21H19N2O7P. The minimum absolute atomic E-state index is 0.0709. The zero-order valence-electron chi connectivity index (χ0n) is 16.2. The Morgan fingerprint density at radius 2 is 1.42 bits per heavy atom. The Balaban J connectivity index is 2.16. The van der Waals surface area contributed by atoms with Crippen LogP contribution in [0, 0.1) is 0 Å². The van der Waals surface area contributed by atoms with Crippen molar-refractivity contribution < 1.29 is 24.3 Å². The maximum absolute atomic E-state index is 13.0. The second-order valence-electron chi connectivity index (χ2n) is 6.73. The third-order valence-corrected chi connectivity index (χ3v) is 5.14. The molecule has 0 saturated carbocycles. The van der Waals surface area contributed by atoms with Gasteiger partial charge in [-0.25, -0.2) is 4.79 Å². The van der Waals surface area contributed by atoms with Gasteiger partial charge in [-0.2, -0.15) is 0 Å². The lowest BCUT2D eigenvalue weighted by molar-refractivity contribution is -0.109. The molecule has 3 rings (SSSR count). The van der Waals surface area contributed by atoms with Crippen molar-refractivity contribution in [2.45, 2.75) is 13.1 Å². The Labute approximate surface area is 176 Å². The number of carbonyl (C=O) groups is 1. The molecule has 0 atom stereocenters. The van der Waals surface area contributed by atoms with Crippen molar-refractivity contribution in [1.82, 2.24) is 9.13 Å². The van der Waals surface area contributed by atoms with E-state index in [9.17, 15) is 24.1 Å². The van der Waals surface area contributed by atoms with E-state index in [-0.39, 0.29) is 13.1 Å². The Hall–Kier alpha value is -3.52. The summed E-state index contributed by atoms with van der Waals surface area (Å²) in [6, 6.07) is 17.6. The van der Waals surface area contributed by atoms with Crippen LogP contribution in [-0.4, -0.2) is 29.6 Å². The molecule has 0 unspecified atom stereocenters. The highest BCUT2D eigenvalue weighted by Crippen LogP contribution is 2.36. The highest BCUT2D eigenvalue weighted by Gasteiger charge is 2.25. The van der Waals surface area contributed by atoms with E-state index < -0.39 is 35.7 Å². The topological polar surface area (TPSA) is 139 Å². The van der Waals surface area contributed by atoms with Crippen molar-refractivity contribution in [2.24, 2.45) is 0 Å². The molecule has 0 fully saturated rings. The fourth-order valence-electron chi connectivity index (χ4n) is 2.91. The number of hydrogen-bond acceptors (Lipinski definition) is 5. The molecule has 1 heterocycles. The Morgan fingerprint density at radius 1 is 0.903 bits per heavy atom. The second-order valence-corrected chi connectivity index (χ2v) is 8.26. The molecule has 160 valence electrons. The molecule has 0 aliphatic rings. The average Bonchev–Trinajstić information content (AvgIpc) is 2.74. The number of hydrogen-bond donors (Lipinski definition) is 3. The van der Waals surface area contributed by atoms with Crippen molar-refractivity contribution in [3.05, 3.63) is 110 Å². The van der Waals surface area contributed by atoms with E-state index >= 15 is 0 Å². The van der Waals surface area contributed by atoms with Gasteiger partial charge in [-0.1, -0.05) is 60.7 Å². The van der Waals surface area contributed by atoms with E-state index in [1.54, 1.807) is 60.7 Å². The second kappa shape index (κ2) is 9.09. The number of aromatic nitrogens is 2. The number of carbonyl (C=O) groups excluding carboxylic acids is 1. The summed E-state index contributed by atoms with van der Waals surface area (Å²) in [6.45, 7) is -0.0255. The largest absolute Gasteiger partial charge is 0.507 e. The van der Waals surface area contributed by atoms with Crippen LogP contribution in [0.3, 0.4) is 0 Å². The zero-order valence-corrected chi connectivity index (χ0v) is 17.1. The summed E-state index contributed by atoms with van der Waals surface area (Å²) < 4.78 is 13.2. The summed E-state index contributed by atoms with van der Waals surface area (Å²) in [5.41, 5.74) is -2.23. The van der Waals surface area contributed by atoms with Crippen molar-refractivity contribution in [2.75, 3.05) is 0 Å². The van der Waals surface area contributed by atoms with E-state index in [1.807, 2.05) is 0 Å². The quantitative estimate of drug-likeness (QED) is 0.288. The van der Waals surface area contributed by atoms with Gasteiger partial charge in [0.2, 0.25) is 0 Å². The molecule has 9 nitrogen and oxygen atoms in total. The number of rotatable bonds is 7. The van der Waals surface area contributed by atoms with Gasteiger partial charge in [0.25, 0.3) is 11.1 Å². The van der Waals surface area contributed by atoms with Gasteiger partial charge >= 0.3 is 13.3 Å². The molecule has 0 aliphatic carbocycles. The first-order chi connectivity index (χ1) is 14.7. The Bertz CT molecular complexity index is 1290. The summed E-state index contributed by atoms with van der Waals surface area (Å²) in [5.74, 6) is -0.943. The molecule has 3 aromatic rings. The van der Waals surface area contributed by atoms with Crippen LogP contribution >= 0.6 is 7.60 Å². The number of benzene rings is 2. The van der Waals surface area contributed by atoms with Crippen LogP contribution in [0.25, 0.3) is 5.76 Å². The van der Waals surface area contributed by atoms with Crippen LogP contribution in [0.1, 0.15) is 16.7 Å². The summed E-state index contributed by atoms with van der Waals surface area (Å²) in [4.78, 5) is 55.4. The smallest absolute Gasteiger partial charge is 0.396 e. The van der Waals surface area contributed by atoms with Crippen LogP contribution in [0.5, 0.6) is 0 Å². The summed E-state index contributed by atoms with van der Waals surface area (Å²) >= 11 is 0. The Morgan fingerprint density at radius 3 is 1.94 bits per heavy atom. The standard InChI is InChI=1S/C21H19N2O7P/c24-18(11-19(25)31(28,29)30)17-14-22(12-15-7-3-1-4-8-15)21(27)23(20(17)26)13-16-9-5-2-6-10-16/h1-11,14,24H,12-13H2,(H2,28,29,30)/b18-11-. The predicted octanol–water partition coefficient (Wildman–Crippen LogP) is 1.71. The van der Waals surface area contributed by atoms with Gasteiger partial charge in [-0.3, -0.25) is 23.3 Å². The lowest BCUT2D eigenvalue weighted by Gasteiger charge is -2.13. The fourth-order valence-corrected chi connectivity index (χ4v) is 3.20. The van der Waals surface area contributed by atoms with Crippen LogP contribution in [0.2, 0.25) is 0 Å². The van der Waals surface area contributed by atoms with Gasteiger partial charge in [0.15, 0.2) is 0 Å². The molecule has 3 N–H and O–H groups in total. The van der Waals surface area contributed by atoms with E-state index in [1.165, 1.54) is 4.57 Å². The molecular weight excluding hydrogens is 423 g/mol. The average molecular weight is 442 g/mol. The van der Waals surface area contributed by atoms with Crippen molar-refractivity contribution >= 4 is 18.9 Å². The third-order valence-electron chi connectivity index (χ3n) is 4.44. The van der Waals surface area contributed by atoms with Gasteiger partial charge < -0.3 is 14.9 Å². The SMILES string of the molecule is O=C(/C=C(\O)c1cn(Cc2ccccc2)c(=O)n(Cc2ccccc2)c1=O)P(=O)(O)O. The van der Waals surface area contributed by atoms with Gasteiger partial charge in [0.1, 0.15) is 5.76 Å². The molecule has 0 radical (unpaired) electrons. The van der Waals surface area contributed by atoms with E-state index in [0.717, 1.165) is 16.3 Å². The summed E-state index contributed by atoms with van der Waals surface area (Å²) in [7, 11) is -5.14. The lowest BCUT2D eigenvalue weighted by atomic mass is 10.2. The molecule has 1 aromatic heterocycles. The minimum atomic E-state index is -5.14. The first-order valence-electron chi connectivity index (χ1n) is 9.10. The highest BCUT2D eigenvalue weighted by molar-refractivity contribution is 7.70. The molecule has 0 saturated heterocycles. The van der Waals surface area contributed by atoms with Gasteiger partial charge in [-0.05, 0) is 11.1 Å². The molecule has 2 aromatic carbocycles. The van der Waals surface area contributed by atoms with E-state index in [4.69, 9.17) is 9.79 Å². The monoisotopic (exact) mass is 442 g/mol. The molecule has 0 bridgehead atoms. The van der Waals surface area contributed by atoms with Crippen molar-refractivity contribution in [1.29, 1.82) is 0 Å². The number of allylic oxidation sites excluding steroid dienone is 1. The Kier molecular flexibility index (Phi) is 6.50. The zero-order chi connectivity index (χ0) is 22.6. The number of aliphatic hydroxyl groups excluding tert-OH is 1. The van der Waals surface area contributed by atoms with Crippen LogP contribution in [0.4, 0.5) is 0 Å². The molecule has 0 spiro atoms. The maximum atomic E-state index is 13.0.